The standard InChI is InChI=1S/C24H27F3N4O4/c25-24(26,27)35-18-5-3-16(4-6-18)13-22(32)31-11-7-17(8-12-31)34-20-15-29-21(14-19(20)23(28)33)30-9-1-2-10-30/h3-6,14-15,17H,1-2,7-13H2,(H2,28,33). The van der Waals surface area contributed by atoms with E-state index in [2.05, 4.69) is 14.6 Å². The molecule has 1 aromatic carbocycles. The molecule has 2 fully saturated rings. The molecule has 2 aliphatic rings. The Hall–Kier alpha value is -3.50. The maximum Gasteiger partial charge on any atom is 0.573 e. The third-order valence-corrected chi connectivity index (χ3v) is 6.15. The monoisotopic (exact) mass is 492 g/mol. The van der Waals surface area contributed by atoms with Crippen molar-refractivity contribution in [1.82, 2.24) is 9.88 Å². The number of pyridine rings is 1. The summed E-state index contributed by atoms with van der Waals surface area (Å²) in [7, 11) is 0. The van der Waals surface area contributed by atoms with Crippen molar-refractivity contribution in [2.24, 2.45) is 5.73 Å². The van der Waals surface area contributed by atoms with Crippen LogP contribution in [-0.4, -0.2) is 60.3 Å². The normalized spacial score (nSPS) is 16.9. The first-order chi connectivity index (χ1) is 16.7. The summed E-state index contributed by atoms with van der Waals surface area (Å²) >= 11 is 0. The van der Waals surface area contributed by atoms with Crippen LogP contribution in [0.2, 0.25) is 0 Å². The predicted octanol–water partition coefficient (Wildman–Crippen LogP) is 3.29. The molecule has 2 amide bonds. The largest absolute Gasteiger partial charge is 0.573 e. The highest BCUT2D eigenvalue weighted by molar-refractivity contribution is 5.96. The topological polar surface area (TPSA) is 98.0 Å². The molecule has 188 valence electrons. The number of aromatic nitrogens is 1. The minimum atomic E-state index is -4.76. The van der Waals surface area contributed by atoms with Crippen LogP contribution in [0.4, 0.5) is 19.0 Å². The van der Waals surface area contributed by atoms with E-state index < -0.39 is 12.3 Å². The summed E-state index contributed by atoms with van der Waals surface area (Å²) in [6, 6.07) is 6.94. The van der Waals surface area contributed by atoms with Crippen molar-refractivity contribution in [2.45, 2.75) is 44.6 Å². The van der Waals surface area contributed by atoms with E-state index in [1.54, 1.807) is 11.0 Å². The second-order valence-corrected chi connectivity index (χ2v) is 8.66. The molecule has 11 heteroatoms. The molecule has 2 aromatic rings. The maximum atomic E-state index is 12.7. The Bertz CT molecular complexity index is 1050. The molecule has 4 rings (SSSR count). The fourth-order valence-corrected chi connectivity index (χ4v) is 4.34. The molecule has 1 aromatic heterocycles. The summed E-state index contributed by atoms with van der Waals surface area (Å²) in [4.78, 5) is 32.9. The zero-order chi connectivity index (χ0) is 25.0. The van der Waals surface area contributed by atoms with Crippen LogP contribution >= 0.6 is 0 Å². The van der Waals surface area contributed by atoms with Crippen molar-refractivity contribution in [3.05, 3.63) is 47.7 Å². The minimum absolute atomic E-state index is 0.0749. The highest BCUT2D eigenvalue weighted by atomic mass is 19.4. The number of primary amides is 1. The lowest BCUT2D eigenvalue weighted by Crippen LogP contribution is -2.42. The number of rotatable bonds is 7. The number of carbonyl (C=O) groups excluding carboxylic acids is 2. The van der Waals surface area contributed by atoms with Crippen LogP contribution in [0.25, 0.3) is 0 Å². The zero-order valence-corrected chi connectivity index (χ0v) is 19.1. The number of alkyl halides is 3. The van der Waals surface area contributed by atoms with Crippen molar-refractivity contribution in [3.8, 4) is 11.5 Å². The summed E-state index contributed by atoms with van der Waals surface area (Å²) in [5.41, 5.74) is 6.47. The van der Waals surface area contributed by atoms with E-state index >= 15 is 0 Å². The van der Waals surface area contributed by atoms with E-state index in [1.807, 2.05) is 0 Å². The molecule has 0 spiro atoms. The Morgan fingerprint density at radius 3 is 2.31 bits per heavy atom. The number of likely N-dealkylation sites (tertiary alicyclic amines) is 1. The molecule has 0 unspecified atom stereocenters. The number of hydrogen-bond acceptors (Lipinski definition) is 6. The first kappa shape index (κ1) is 24.6. The number of anilines is 1. The fraction of sp³-hybridized carbons (Fsp3) is 0.458. The van der Waals surface area contributed by atoms with Crippen LogP contribution in [0.1, 0.15) is 41.6 Å². The van der Waals surface area contributed by atoms with Gasteiger partial charge in [0.15, 0.2) is 5.75 Å². The third-order valence-electron chi connectivity index (χ3n) is 6.15. The first-order valence-electron chi connectivity index (χ1n) is 11.5. The van der Waals surface area contributed by atoms with Gasteiger partial charge in [-0.1, -0.05) is 12.1 Å². The van der Waals surface area contributed by atoms with Gasteiger partial charge in [-0.15, -0.1) is 13.2 Å². The minimum Gasteiger partial charge on any atom is -0.488 e. The number of piperidine rings is 1. The van der Waals surface area contributed by atoms with Crippen molar-refractivity contribution in [2.75, 3.05) is 31.1 Å². The second-order valence-electron chi connectivity index (χ2n) is 8.66. The van der Waals surface area contributed by atoms with Crippen molar-refractivity contribution >= 4 is 17.6 Å². The van der Waals surface area contributed by atoms with Gasteiger partial charge in [-0.05, 0) is 36.6 Å². The lowest BCUT2D eigenvalue weighted by atomic mass is 10.1. The van der Waals surface area contributed by atoms with Gasteiger partial charge in [0.1, 0.15) is 17.7 Å². The van der Waals surface area contributed by atoms with Crippen molar-refractivity contribution < 1.29 is 32.2 Å². The van der Waals surface area contributed by atoms with Gasteiger partial charge < -0.3 is 25.0 Å². The predicted molar refractivity (Wildman–Crippen MR) is 121 cm³/mol. The number of amides is 2. The van der Waals surface area contributed by atoms with Crippen molar-refractivity contribution in [1.29, 1.82) is 0 Å². The number of hydrogen-bond donors (Lipinski definition) is 1. The van der Waals surface area contributed by atoms with Gasteiger partial charge in [0.2, 0.25) is 5.91 Å². The Morgan fingerprint density at radius 1 is 1.06 bits per heavy atom. The molecule has 0 aliphatic carbocycles. The van der Waals surface area contributed by atoms with E-state index in [-0.39, 0.29) is 24.2 Å². The number of ether oxygens (including phenoxy) is 2. The van der Waals surface area contributed by atoms with Crippen LogP contribution in [0.5, 0.6) is 11.5 Å². The van der Waals surface area contributed by atoms with Gasteiger partial charge in [-0.3, -0.25) is 9.59 Å². The van der Waals surface area contributed by atoms with Gasteiger partial charge in [-0.2, -0.15) is 0 Å². The Labute approximate surface area is 200 Å². The summed E-state index contributed by atoms with van der Waals surface area (Å²) in [6.07, 6.45) is -0.0409. The van der Waals surface area contributed by atoms with Crippen LogP contribution in [0.15, 0.2) is 36.5 Å². The Kier molecular flexibility index (Phi) is 7.32. The van der Waals surface area contributed by atoms with E-state index in [0.717, 1.165) is 25.9 Å². The van der Waals surface area contributed by atoms with Crippen LogP contribution in [0, 0.1) is 0 Å². The molecule has 0 radical (unpaired) electrons. The molecule has 2 saturated heterocycles. The molecule has 0 bridgehead atoms. The molecule has 35 heavy (non-hydrogen) atoms. The quantitative estimate of drug-likeness (QED) is 0.637. The smallest absolute Gasteiger partial charge is 0.488 e. The number of carbonyl (C=O) groups is 2. The van der Waals surface area contributed by atoms with Crippen LogP contribution in [0.3, 0.4) is 0 Å². The number of nitrogens with two attached hydrogens (primary N) is 1. The fourth-order valence-electron chi connectivity index (χ4n) is 4.34. The van der Waals surface area contributed by atoms with Crippen LogP contribution < -0.4 is 20.1 Å². The van der Waals surface area contributed by atoms with E-state index in [1.165, 1.54) is 30.5 Å². The van der Waals surface area contributed by atoms with Gasteiger partial charge in [0, 0.05) is 39.0 Å². The molecular formula is C24H27F3N4O4. The van der Waals surface area contributed by atoms with E-state index in [4.69, 9.17) is 10.5 Å². The number of nitrogens with zero attached hydrogens (tertiary/aromatic N) is 3. The van der Waals surface area contributed by atoms with Gasteiger partial charge in [0.25, 0.3) is 5.91 Å². The Morgan fingerprint density at radius 2 is 1.71 bits per heavy atom. The van der Waals surface area contributed by atoms with Crippen molar-refractivity contribution in [3.63, 3.8) is 0 Å². The lowest BCUT2D eigenvalue weighted by molar-refractivity contribution is -0.274. The highest BCUT2D eigenvalue weighted by Gasteiger charge is 2.31. The van der Waals surface area contributed by atoms with Gasteiger partial charge in [0.05, 0.1) is 18.2 Å². The average Bonchev–Trinajstić information content (AvgIpc) is 3.35. The zero-order valence-electron chi connectivity index (χ0n) is 19.1. The summed E-state index contributed by atoms with van der Waals surface area (Å²) in [6.45, 7) is 2.71. The number of benzene rings is 1. The molecule has 8 nitrogen and oxygen atoms in total. The SMILES string of the molecule is NC(=O)c1cc(N2CCCC2)ncc1OC1CCN(C(=O)Cc2ccc(OC(F)(F)F)cc2)CC1. The molecule has 2 N–H and O–H groups in total. The third kappa shape index (κ3) is 6.55. The summed E-state index contributed by atoms with van der Waals surface area (Å²) in [5, 5.41) is 0. The molecule has 0 saturated carbocycles. The van der Waals surface area contributed by atoms with Gasteiger partial charge >= 0.3 is 6.36 Å². The summed E-state index contributed by atoms with van der Waals surface area (Å²) in [5.74, 6) is 0.0166. The lowest BCUT2D eigenvalue weighted by Gasteiger charge is -2.32. The molecule has 0 atom stereocenters. The maximum absolute atomic E-state index is 12.7. The summed E-state index contributed by atoms with van der Waals surface area (Å²) < 4.78 is 46.7. The Balaban J connectivity index is 1.30. The average molecular weight is 492 g/mol. The van der Waals surface area contributed by atoms with Crippen LogP contribution in [-0.2, 0) is 11.2 Å². The molecular weight excluding hydrogens is 465 g/mol. The second kappa shape index (κ2) is 10.4. The number of halogens is 3. The van der Waals surface area contributed by atoms with E-state index in [9.17, 15) is 22.8 Å². The molecule has 3 heterocycles. The first-order valence-corrected chi connectivity index (χ1v) is 11.5. The molecule has 2 aliphatic heterocycles. The van der Waals surface area contributed by atoms with Gasteiger partial charge in [-0.25, -0.2) is 4.98 Å². The highest BCUT2D eigenvalue weighted by Crippen LogP contribution is 2.28. The van der Waals surface area contributed by atoms with E-state index in [0.29, 0.717) is 48.6 Å².